The van der Waals surface area contributed by atoms with Gasteiger partial charge in [-0.25, -0.2) is 9.97 Å². The first-order chi connectivity index (χ1) is 8.22. The van der Waals surface area contributed by atoms with E-state index in [-0.39, 0.29) is 11.5 Å². The summed E-state index contributed by atoms with van der Waals surface area (Å²) in [6.45, 7) is 6.89. The van der Waals surface area contributed by atoms with Gasteiger partial charge in [0.15, 0.2) is 5.76 Å². The predicted octanol–water partition coefficient (Wildman–Crippen LogP) is 2.28. The molecule has 0 saturated carbocycles. The van der Waals surface area contributed by atoms with Crippen LogP contribution in [0.25, 0.3) is 10.9 Å². The topological polar surface area (TPSA) is 52.1 Å². The van der Waals surface area contributed by atoms with Gasteiger partial charge in [-0.15, -0.1) is 0 Å². The Morgan fingerprint density at radius 1 is 1.29 bits per heavy atom. The van der Waals surface area contributed by atoms with Crippen LogP contribution in [0.3, 0.4) is 0 Å². The zero-order valence-electron chi connectivity index (χ0n) is 9.09. The molecule has 0 radical (unpaired) electrons. The minimum Gasteiger partial charge on any atom is -0.435 e. The summed E-state index contributed by atoms with van der Waals surface area (Å²) in [6.07, 6.45) is 2.52. The fraction of sp³-hybridized carbons (Fsp3) is 0. The highest BCUT2D eigenvalue weighted by atomic mass is 16.5. The third-order valence-electron chi connectivity index (χ3n) is 2.19. The number of aromatic nitrogens is 2. The van der Waals surface area contributed by atoms with Crippen LogP contribution in [0.2, 0.25) is 0 Å². The van der Waals surface area contributed by atoms with E-state index in [0.717, 1.165) is 17.0 Å². The van der Waals surface area contributed by atoms with Gasteiger partial charge in [-0.1, -0.05) is 25.3 Å². The fourth-order valence-corrected chi connectivity index (χ4v) is 1.34. The van der Waals surface area contributed by atoms with E-state index < -0.39 is 0 Å². The maximum absolute atomic E-state index is 11.3. The summed E-state index contributed by atoms with van der Waals surface area (Å²) in [5.74, 6) is -0.0626. The molecule has 1 aromatic carbocycles. The zero-order valence-corrected chi connectivity index (χ0v) is 9.09. The van der Waals surface area contributed by atoms with Gasteiger partial charge in [0.2, 0.25) is 11.7 Å². The van der Waals surface area contributed by atoms with E-state index in [1.54, 1.807) is 0 Å². The summed E-state index contributed by atoms with van der Waals surface area (Å²) in [5, 5.41) is 0.730. The molecule has 1 aromatic heterocycles. The zero-order chi connectivity index (χ0) is 12.3. The van der Waals surface area contributed by atoms with Gasteiger partial charge in [0.25, 0.3) is 0 Å². The number of hydrogen-bond donors (Lipinski definition) is 0. The largest absolute Gasteiger partial charge is 0.435 e. The lowest BCUT2D eigenvalue weighted by Crippen LogP contribution is -2.05. The molecule has 0 unspecified atom stereocenters. The van der Waals surface area contributed by atoms with Crippen LogP contribution < -0.4 is 4.74 Å². The van der Waals surface area contributed by atoms with Gasteiger partial charge in [-0.05, 0) is 18.2 Å². The van der Waals surface area contributed by atoms with E-state index in [1.165, 1.54) is 6.33 Å². The van der Waals surface area contributed by atoms with Gasteiger partial charge in [0.1, 0.15) is 6.33 Å². The molecule has 2 rings (SSSR count). The lowest BCUT2D eigenvalue weighted by Gasteiger charge is -2.06. The third-order valence-corrected chi connectivity index (χ3v) is 2.19. The molecule has 0 atom stereocenters. The number of nitrogens with zero attached hydrogens (tertiary/aromatic N) is 2. The summed E-state index contributed by atoms with van der Waals surface area (Å²) < 4.78 is 5.31. The molecule has 0 aliphatic heterocycles. The maximum Gasteiger partial charge on any atom is 0.230 e. The van der Waals surface area contributed by atoms with Gasteiger partial charge in [-0.2, -0.15) is 0 Å². The van der Waals surface area contributed by atoms with E-state index >= 15 is 0 Å². The number of rotatable bonds is 4. The molecular weight excluding hydrogens is 216 g/mol. The van der Waals surface area contributed by atoms with Crippen LogP contribution in [-0.4, -0.2) is 15.8 Å². The smallest absolute Gasteiger partial charge is 0.230 e. The normalized spacial score (nSPS) is 9.88. The van der Waals surface area contributed by atoms with Crippen LogP contribution in [0.5, 0.6) is 5.88 Å². The first-order valence-corrected chi connectivity index (χ1v) is 4.95. The van der Waals surface area contributed by atoms with Crippen molar-refractivity contribution in [2.24, 2.45) is 0 Å². The van der Waals surface area contributed by atoms with E-state index in [0.29, 0.717) is 5.88 Å². The van der Waals surface area contributed by atoms with Crippen molar-refractivity contribution in [1.29, 1.82) is 0 Å². The molecule has 0 bridgehead atoms. The van der Waals surface area contributed by atoms with Crippen molar-refractivity contribution in [1.82, 2.24) is 9.97 Å². The highest BCUT2D eigenvalue weighted by Gasteiger charge is 2.09. The Bertz CT molecular complexity index is 600. The number of ether oxygens (including phenoxy) is 1. The molecule has 0 N–H and O–H groups in total. The van der Waals surface area contributed by atoms with Crippen molar-refractivity contribution in [2.75, 3.05) is 0 Å². The number of para-hydroxylation sites is 1. The first kappa shape index (κ1) is 11.0. The van der Waals surface area contributed by atoms with Gasteiger partial charge in [-0.3, -0.25) is 4.79 Å². The summed E-state index contributed by atoms with van der Waals surface area (Å²) in [4.78, 5) is 19.3. The molecular formula is C13H10N2O2. The Kier molecular flexibility index (Phi) is 2.96. The molecule has 4 nitrogen and oxygen atoms in total. The van der Waals surface area contributed by atoms with E-state index in [2.05, 4.69) is 23.1 Å². The first-order valence-electron chi connectivity index (χ1n) is 4.95. The number of benzene rings is 1. The molecule has 1 heterocycles. The van der Waals surface area contributed by atoms with Crippen LogP contribution in [0.15, 0.2) is 55.6 Å². The minimum absolute atomic E-state index is 0.0103. The van der Waals surface area contributed by atoms with Gasteiger partial charge >= 0.3 is 0 Å². The predicted molar refractivity (Wildman–Crippen MR) is 64.5 cm³/mol. The highest BCUT2D eigenvalue weighted by Crippen LogP contribution is 2.22. The Morgan fingerprint density at radius 2 is 2.06 bits per heavy atom. The molecule has 0 fully saturated rings. The molecule has 0 aliphatic rings. The number of ketones is 1. The van der Waals surface area contributed by atoms with Crippen LogP contribution in [-0.2, 0) is 4.79 Å². The van der Waals surface area contributed by atoms with Crippen molar-refractivity contribution >= 4 is 16.7 Å². The van der Waals surface area contributed by atoms with E-state index in [4.69, 9.17) is 4.74 Å². The fourth-order valence-electron chi connectivity index (χ4n) is 1.34. The molecule has 17 heavy (non-hydrogen) atoms. The van der Waals surface area contributed by atoms with Crippen LogP contribution in [0, 0.1) is 0 Å². The maximum atomic E-state index is 11.3. The second kappa shape index (κ2) is 4.57. The molecule has 2 aromatic rings. The second-order valence-electron chi connectivity index (χ2n) is 3.29. The van der Waals surface area contributed by atoms with E-state index in [9.17, 15) is 4.79 Å². The summed E-state index contributed by atoms with van der Waals surface area (Å²) in [5.41, 5.74) is 0.747. The average molecular weight is 226 g/mol. The second-order valence-corrected chi connectivity index (χ2v) is 3.29. The standard InChI is InChI=1S/C13H10N2O2/c1-3-12(16)9(2)17-13-10-6-4-5-7-11(10)14-8-15-13/h3-8H,1-2H2. The molecule has 84 valence electrons. The van der Waals surface area contributed by atoms with Crippen LogP contribution >= 0.6 is 0 Å². The molecule has 0 aliphatic carbocycles. The monoisotopic (exact) mass is 226 g/mol. The Balaban J connectivity index is 2.39. The Labute approximate surface area is 98.3 Å². The lowest BCUT2D eigenvalue weighted by molar-refractivity contribution is -0.113. The van der Waals surface area contributed by atoms with Gasteiger partial charge in [0, 0.05) is 0 Å². The van der Waals surface area contributed by atoms with Gasteiger partial charge < -0.3 is 4.74 Å². The quantitative estimate of drug-likeness (QED) is 0.592. The molecule has 0 saturated heterocycles. The SMILES string of the molecule is C=CC(=O)C(=C)Oc1ncnc2ccccc12. The number of carbonyl (C=O) groups is 1. The van der Waals surface area contributed by atoms with Crippen LogP contribution in [0.1, 0.15) is 0 Å². The number of allylic oxidation sites excluding steroid dienone is 1. The number of hydrogen-bond acceptors (Lipinski definition) is 4. The lowest BCUT2D eigenvalue weighted by atomic mass is 10.2. The third kappa shape index (κ3) is 2.20. The summed E-state index contributed by atoms with van der Waals surface area (Å²) in [6, 6.07) is 7.36. The van der Waals surface area contributed by atoms with Crippen molar-refractivity contribution < 1.29 is 9.53 Å². The average Bonchev–Trinajstić information content (AvgIpc) is 2.38. The van der Waals surface area contributed by atoms with Gasteiger partial charge in [0.05, 0.1) is 10.9 Å². The molecule has 4 heteroatoms. The van der Waals surface area contributed by atoms with E-state index in [1.807, 2.05) is 24.3 Å². The van der Waals surface area contributed by atoms with Crippen molar-refractivity contribution in [3.05, 3.63) is 55.6 Å². The summed E-state index contributed by atoms with van der Waals surface area (Å²) >= 11 is 0. The van der Waals surface area contributed by atoms with Crippen molar-refractivity contribution in [2.45, 2.75) is 0 Å². The van der Waals surface area contributed by atoms with Crippen molar-refractivity contribution in [3.63, 3.8) is 0 Å². The molecule has 0 spiro atoms. The summed E-state index contributed by atoms with van der Waals surface area (Å²) in [7, 11) is 0. The van der Waals surface area contributed by atoms with Crippen LogP contribution in [0.4, 0.5) is 0 Å². The van der Waals surface area contributed by atoms with Crippen molar-refractivity contribution in [3.8, 4) is 5.88 Å². The molecule has 0 amide bonds. The number of fused-ring (bicyclic) bond motifs is 1. The minimum atomic E-state index is -0.368. The Morgan fingerprint density at radius 3 is 2.82 bits per heavy atom. The number of carbonyl (C=O) groups excluding carboxylic acids is 1. The Hall–Kier alpha value is -2.49. The highest BCUT2D eigenvalue weighted by molar-refractivity contribution is 6.02.